The van der Waals surface area contributed by atoms with Crippen LogP contribution in [0.15, 0.2) is 52.9 Å². The number of nitrogens with one attached hydrogen (secondary N) is 1. The van der Waals surface area contributed by atoms with E-state index in [1.807, 2.05) is 29.6 Å². The van der Waals surface area contributed by atoms with Gasteiger partial charge in [0, 0.05) is 14.8 Å². The van der Waals surface area contributed by atoms with E-state index in [9.17, 15) is 4.79 Å². The zero-order chi connectivity index (χ0) is 16.2. The summed E-state index contributed by atoms with van der Waals surface area (Å²) in [7, 11) is 0. The van der Waals surface area contributed by atoms with Gasteiger partial charge in [-0.2, -0.15) is 5.10 Å². The largest absolute Gasteiger partial charge is 0.397 e. The first-order valence-corrected chi connectivity index (χ1v) is 8.73. The van der Waals surface area contributed by atoms with Gasteiger partial charge in [0.05, 0.1) is 11.9 Å². The lowest BCUT2D eigenvalue weighted by atomic mass is 10.2. The van der Waals surface area contributed by atoms with Crippen molar-refractivity contribution in [3.63, 3.8) is 0 Å². The van der Waals surface area contributed by atoms with Gasteiger partial charge in [0.15, 0.2) is 0 Å². The molecule has 0 saturated heterocycles. The molecule has 0 saturated carbocycles. The van der Waals surface area contributed by atoms with Gasteiger partial charge >= 0.3 is 0 Å². The van der Waals surface area contributed by atoms with Gasteiger partial charge < -0.3 is 5.73 Å². The lowest BCUT2D eigenvalue weighted by molar-refractivity contribution is 0.0960. The van der Waals surface area contributed by atoms with E-state index in [0.717, 1.165) is 15.3 Å². The van der Waals surface area contributed by atoms with Gasteiger partial charge in [-0.1, -0.05) is 29.8 Å². The Hall–Kier alpha value is -2.15. The van der Waals surface area contributed by atoms with Crippen LogP contribution in [0.25, 0.3) is 10.4 Å². The van der Waals surface area contributed by atoms with Crippen molar-refractivity contribution in [2.45, 2.75) is 0 Å². The number of halogens is 1. The fraction of sp³-hybridized carbons (Fsp3) is 0. The topological polar surface area (TPSA) is 67.5 Å². The molecule has 0 atom stereocenters. The van der Waals surface area contributed by atoms with Gasteiger partial charge in [0.1, 0.15) is 4.88 Å². The minimum Gasteiger partial charge on any atom is -0.397 e. The average molecular weight is 362 g/mol. The summed E-state index contributed by atoms with van der Waals surface area (Å²) in [6, 6.07) is 13.0. The number of rotatable bonds is 4. The first kappa shape index (κ1) is 15.7. The van der Waals surface area contributed by atoms with E-state index in [1.165, 1.54) is 11.3 Å². The highest BCUT2D eigenvalue weighted by Crippen LogP contribution is 2.33. The van der Waals surface area contributed by atoms with Gasteiger partial charge in [0.25, 0.3) is 5.91 Å². The third-order valence-corrected chi connectivity index (χ3v) is 5.25. The summed E-state index contributed by atoms with van der Waals surface area (Å²) in [6.45, 7) is 0. The van der Waals surface area contributed by atoms with Gasteiger partial charge in [-0.05, 0) is 35.2 Å². The van der Waals surface area contributed by atoms with Gasteiger partial charge in [0.2, 0.25) is 0 Å². The Bertz CT molecular complexity index is 839. The minimum absolute atomic E-state index is 0.319. The molecule has 3 N–H and O–H groups in total. The summed E-state index contributed by atoms with van der Waals surface area (Å²) in [5, 5.41) is 6.55. The second-order valence-electron chi connectivity index (χ2n) is 4.62. The molecule has 1 amide bonds. The van der Waals surface area contributed by atoms with Crippen LogP contribution in [0.5, 0.6) is 0 Å². The number of benzene rings is 1. The standard InChI is InChI=1S/C16H12ClN3OS2/c17-11-5-3-10(4-6-11)14-8-13(18)15(23-14)16(21)20-19-9-12-2-1-7-22-12/h1-9H,18H2,(H,20,21)/b19-9+. The predicted molar refractivity (Wildman–Crippen MR) is 98.6 cm³/mol. The maximum Gasteiger partial charge on any atom is 0.283 e. The number of anilines is 1. The quantitative estimate of drug-likeness (QED) is 0.531. The smallest absolute Gasteiger partial charge is 0.283 e. The maximum atomic E-state index is 12.2. The first-order chi connectivity index (χ1) is 11.1. The zero-order valence-corrected chi connectivity index (χ0v) is 14.2. The Morgan fingerprint density at radius 3 is 2.74 bits per heavy atom. The average Bonchev–Trinajstić information content (AvgIpc) is 3.17. The molecule has 0 spiro atoms. The number of hydrogen-bond donors (Lipinski definition) is 2. The number of hydrogen-bond acceptors (Lipinski definition) is 5. The molecule has 0 bridgehead atoms. The molecule has 7 heteroatoms. The molecular weight excluding hydrogens is 350 g/mol. The number of hydrazone groups is 1. The summed E-state index contributed by atoms with van der Waals surface area (Å²) in [6.07, 6.45) is 1.60. The second-order valence-corrected chi connectivity index (χ2v) is 7.08. The van der Waals surface area contributed by atoms with Crippen molar-refractivity contribution in [2.24, 2.45) is 5.10 Å². The van der Waals surface area contributed by atoms with E-state index in [4.69, 9.17) is 17.3 Å². The van der Waals surface area contributed by atoms with Crippen LogP contribution in [0.3, 0.4) is 0 Å². The molecule has 0 radical (unpaired) electrons. The summed E-state index contributed by atoms with van der Waals surface area (Å²) in [5.74, 6) is -0.319. The zero-order valence-electron chi connectivity index (χ0n) is 11.8. The molecular formula is C16H12ClN3OS2. The third-order valence-electron chi connectivity index (χ3n) is 3.00. The molecule has 0 aliphatic heterocycles. The molecule has 0 aliphatic rings. The molecule has 0 aliphatic carbocycles. The van der Waals surface area contributed by atoms with Crippen LogP contribution in [0, 0.1) is 0 Å². The molecule has 116 valence electrons. The van der Waals surface area contributed by atoms with Gasteiger partial charge in [-0.25, -0.2) is 5.43 Å². The normalized spacial score (nSPS) is 11.0. The monoisotopic (exact) mass is 361 g/mol. The van der Waals surface area contributed by atoms with E-state index in [1.54, 1.807) is 35.8 Å². The fourth-order valence-corrected chi connectivity index (χ4v) is 3.59. The number of nitrogen functional groups attached to an aromatic ring is 1. The Labute approximate surface area is 146 Å². The molecule has 2 aromatic heterocycles. The summed E-state index contributed by atoms with van der Waals surface area (Å²) in [4.78, 5) is 14.5. The number of carbonyl (C=O) groups is 1. The van der Waals surface area contributed by atoms with Crippen LogP contribution in [0.2, 0.25) is 5.02 Å². The Morgan fingerprint density at radius 1 is 1.26 bits per heavy atom. The second kappa shape index (κ2) is 6.95. The molecule has 4 nitrogen and oxygen atoms in total. The van der Waals surface area contributed by atoms with Crippen molar-refractivity contribution in [1.29, 1.82) is 0 Å². The van der Waals surface area contributed by atoms with Crippen LogP contribution in [-0.2, 0) is 0 Å². The number of nitrogens with zero attached hydrogens (tertiary/aromatic N) is 1. The maximum absolute atomic E-state index is 12.2. The lowest BCUT2D eigenvalue weighted by Gasteiger charge is -1.97. The van der Waals surface area contributed by atoms with Crippen LogP contribution in [-0.4, -0.2) is 12.1 Å². The summed E-state index contributed by atoms with van der Waals surface area (Å²) in [5.41, 5.74) is 9.85. The molecule has 2 heterocycles. The van der Waals surface area contributed by atoms with E-state index in [2.05, 4.69) is 10.5 Å². The van der Waals surface area contributed by atoms with E-state index in [-0.39, 0.29) is 5.91 Å². The summed E-state index contributed by atoms with van der Waals surface area (Å²) >= 11 is 8.75. The van der Waals surface area contributed by atoms with Crippen LogP contribution >= 0.6 is 34.3 Å². The Kier molecular flexibility index (Phi) is 4.76. The van der Waals surface area contributed by atoms with Crippen molar-refractivity contribution in [2.75, 3.05) is 5.73 Å². The van der Waals surface area contributed by atoms with Crippen molar-refractivity contribution in [1.82, 2.24) is 5.43 Å². The molecule has 3 aromatic rings. The van der Waals surface area contributed by atoms with Crippen molar-refractivity contribution in [3.8, 4) is 10.4 Å². The Morgan fingerprint density at radius 2 is 2.04 bits per heavy atom. The third kappa shape index (κ3) is 3.79. The molecule has 0 unspecified atom stereocenters. The van der Waals surface area contributed by atoms with Crippen molar-refractivity contribution >= 4 is 52.1 Å². The highest BCUT2D eigenvalue weighted by atomic mass is 35.5. The van der Waals surface area contributed by atoms with Crippen LogP contribution in [0.4, 0.5) is 5.69 Å². The number of thiophene rings is 2. The highest BCUT2D eigenvalue weighted by Gasteiger charge is 2.14. The van der Waals surface area contributed by atoms with Crippen LogP contribution < -0.4 is 11.2 Å². The molecule has 23 heavy (non-hydrogen) atoms. The summed E-state index contributed by atoms with van der Waals surface area (Å²) < 4.78 is 0. The van der Waals surface area contributed by atoms with Gasteiger partial charge in [-0.15, -0.1) is 22.7 Å². The lowest BCUT2D eigenvalue weighted by Crippen LogP contribution is -2.17. The molecule has 1 aromatic carbocycles. The first-order valence-electron chi connectivity index (χ1n) is 6.65. The molecule has 0 fully saturated rings. The van der Waals surface area contributed by atoms with Gasteiger partial charge in [-0.3, -0.25) is 4.79 Å². The van der Waals surface area contributed by atoms with E-state index in [0.29, 0.717) is 15.6 Å². The van der Waals surface area contributed by atoms with Crippen molar-refractivity contribution < 1.29 is 4.79 Å². The van der Waals surface area contributed by atoms with E-state index < -0.39 is 0 Å². The number of carbonyl (C=O) groups excluding carboxylic acids is 1. The van der Waals surface area contributed by atoms with Crippen LogP contribution in [0.1, 0.15) is 14.5 Å². The number of amides is 1. The minimum atomic E-state index is -0.319. The SMILES string of the molecule is Nc1cc(-c2ccc(Cl)cc2)sc1C(=O)N/N=C/c1cccs1. The fourth-order valence-electron chi connectivity index (χ4n) is 1.91. The Balaban J connectivity index is 1.75. The number of nitrogens with two attached hydrogens (primary N) is 1. The van der Waals surface area contributed by atoms with Crippen molar-refractivity contribution in [3.05, 3.63) is 62.6 Å². The van der Waals surface area contributed by atoms with E-state index >= 15 is 0 Å². The molecule has 3 rings (SSSR count). The predicted octanol–water partition coefficient (Wildman–Crippen LogP) is 4.48. The highest BCUT2D eigenvalue weighted by molar-refractivity contribution is 7.18.